The van der Waals surface area contributed by atoms with Gasteiger partial charge in [-0.15, -0.1) is 0 Å². The first kappa shape index (κ1) is 18.0. The zero-order valence-electron chi connectivity index (χ0n) is 14.4. The van der Waals surface area contributed by atoms with Crippen LogP contribution in [0.15, 0.2) is 24.3 Å². The summed E-state index contributed by atoms with van der Waals surface area (Å²) < 4.78 is 5.30. The van der Waals surface area contributed by atoms with E-state index < -0.39 is 0 Å². The molecule has 0 aliphatic rings. The molecule has 0 heterocycles. The molecule has 0 aromatic heterocycles. The first-order valence-electron chi connectivity index (χ1n) is 8.05. The lowest BCUT2D eigenvalue weighted by Gasteiger charge is -2.33. The SMILES string of the molecule is CCCNCC(C)(CC)CN(C)Cc1cccc(OC)c1. The zero-order chi connectivity index (χ0) is 15.7. The summed E-state index contributed by atoms with van der Waals surface area (Å²) in [4.78, 5) is 2.41. The average molecular weight is 292 g/mol. The van der Waals surface area contributed by atoms with E-state index in [9.17, 15) is 0 Å². The first-order chi connectivity index (χ1) is 10.0. The number of nitrogens with one attached hydrogen (secondary N) is 1. The summed E-state index contributed by atoms with van der Waals surface area (Å²) in [5, 5.41) is 3.57. The van der Waals surface area contributed by atoms with Gasteiger partial charge in [-0.25, -0.2) is 0 Å². The molecule has 0 radical (unpaired) electrons. The average Bonchev–Trinajstić information content (AvgIpc) is 2.47. The minimum absolute atomic E-state index is 0.322. The summed E-state index contributed by atoms with van der Waals surface area (Å²) in [5.41, 5.74) is 1.62. The molecule has 0 fully saturated rings. The highest BCUT2D eigenvalue weighted by molar-refractivity contribution is 5.28. The van der Waals surface area contributed by atoms with Gasteiger partial charge < -0.3 is 15.0 Å². The van der Waals surface area contributed by atoms with Crippen molar-refractivity contribution >= 4 is 0 Å². The lowest BCUT2D eigenvalue weighted by Crippen LogP contribution is -2.40. The molecule has 1 atom stereocenters. The van der Waals surface area contributed by atoms with E-state index in [1.807, 2.05) is 6.07 Å². The minimum Gasteiger partial charge on any atom is -0.497 e. The number of hydrogen-bond donors (Lipinski definition) is 1. The molecule has 0 amide bonds. The van der Waals surface area contributed by atoms with Gasteiger partial charge in [0.25, 0.3) is 0 Å². The fraction of sp³-hybridized carbons (Fsp3) is 0.667. The van der Waals surface area contributed by atoms with Crippen LogP contribution in [0.4, 0.5) is 0 Å². The highest BCUT2D eigenvalue weighted by Gasteiger charge is 2.23. The summed E-state index contributed by atoms with van der Waals surface area (Å²) >= 11 is 0. The van der Waals surface area contributed by atoms with Crippen LogP contribution in [0.1, 0.15) is 39.2 Å². The van der Waals surface area contributed by atoms with Crippen molar-refractivity contribution in [2.75, 3.05) is 33.8 Å². The molecule has 1 rings (SSSR count). The Morgan fingerprint density at radius 1 is 1.29 bits per heavy atom. The van der Waals surface area contributed by atoms with Crippen LogP contribution in [0, 0.1) is 5.41 Å². The Morgan fingerprint density at radius 3 is 2.67 bits per heavy atom. The van der Waals surface area contributed by atoms with Crippen LogP contribution in [-0.2, 0) is 6.54 Å². The number of ether oxygens (including phenoxy) is 1. The van der Waals surface area contributed by atoms with E-state index in [1.165, 1.54) is 18.4 Å². The summed E-state index contributed by atoms with van der Waals surface area (Å²) in [6.07, 6.45) is 2.38. The number of rotatable bonds is 10. The molecule has 0 saturated carbocycles. The molecule has 1 aromatic rings. The van der Waals surface area contributed by atoms with Crippen LogP contribution in [0.3, 0.4) is 0 Å². The van der Waals surface area contributed by atoms with E-state index in [1.54, 1.807) is 7.11 Å². The van der Waals surface area contributed by atoms with Crippen molar-refractivity contribution in [3.63, 3.8) is 0 Å². The fourth-order valence-corrected chi connectivity index (χ4v) is 2.65. The molecule has 0 aliphatic carbocycles. The summed E-state index contributed by atoms with van der Waals surface area (Å²) in [7, 11) is 3.92. The second-order valence-corrected chi connectivity index (χ2v) is 6.36. The maximum Gasteiger partial charge on any atom is 0.119 e. The number of nitrogens with zero attached hydrogens (tertiary/aromatic N) is 1. The van der Waals surface area contributed by atoms with E-state index in [0.29, 0.717) is 5.41 Å². The Kier molecular flexibility index (Phi) is 7.76. The van der Waals surface area contributed by atoms with Crippen molar-refractivity contribution in [1.29, 1.82) is 0 Å². The molecular weight excluding hydrogens is 260 g/mol. The third kappa shape index (κ3) is 6.49. The van der Waals surface area contributed by atoms with Gasteiger partial charge in [0.15, 0.2) is 0 Å². The van der Waals surface area contributed by atoms with Crippen molar-refractivity contribution < 1.29 is 4.74 Å². The monoisotopic (exact) mass is 292 g/mol. The molecule has 120 valence electrons. The first-order valence-corrected chi connectivity index (χ1v) is 8.05. The Labute approximate surface area is 130 Å². The van der Waals surface area contributed by atoms with Gasteiger partial charge in [0.1, 0.15) is 5.75 Å². The van der Waals surface area contributed by atoms with Crippen molar-refractivity contribution in [2.45, 2.75) is 40.2 Å². The van der Waals surface area contributed by atoms with Crippen LogP contribution in [0.2, 0.25) is 0 Å². The Hall–Kier alpha value is -1.06. The third-order valence-electron chi connectivity index (χ3n) is 4.07. The second-order valence-electron chi connectivity index (χ2n) is 6.36. The molecule has 3 nitrogen and oxygen atoms in total. The van der Waals surface area contributed by atoms with Gasteiger partial charge >= 0.3 is 0 Å². The van der Waals surface area contributed by atoms with Gasteiger partial charge in [0.2, 0.25) is 0 Å². The van der Waals surface area contributed by atoms with Crippen LogP contribution in [0.25, 0.3) is 0 Å². The lowest BCUT2D eigenvalue weighted by atomic mass is 9.86. The van der Waals surface area contributed by atoms with Crippen molar-refractivity contribution in [3.05, 3.63) is 29.8 Å². The van der Waals surface area contributed by atoms with Crippen LogP contribution in [-0.4, -0.2) is 38.7 Å². The molecule has 0 bridgehead atoms. The lowest BCUT2D eigenvalue weighted by molar-refractivity contribution is 0.175. The topological polar surface area (TPSA) is 24.5 Å². The highest BCUT2D eigenvalue weighted by Crippen LogP contribution is 2.22. The van der Waals surface area contributed by atoms with E-state index in [-0.39, 0.29) is 0 Å². The maximum atomic E-state index is 5.30. The van der Waals surface area contributed by atoms with E-state index >= 15 is 0 Å². The largest absolute Gasteiger partial charge is 0.497 e. The summed E-state index contributed by atoms with van der Waals surface area (Å²) in [6, 6.07) is 8.34. The molecule has 0 saturated heterocycles. The highest BCUT2D eigenvalue weighted by atomic mass is 16.5. The zero-order valence-corrected chi connectivity index (χ0v) is 14.4. The van der Waals surface area contributed by atoms with E-state index in [2.05, 4.69) is 56.2 Å². The smallest absolute Gasteiger partial charge is 0.119 e. The Balaban J connectivity index is 2.54. The summed E-state index contributed by atoms with van der Waals surface area (Å²) in [6.45, 7) is 11.1. The van der Waals surface area contributed by atoms with Crippen LogP contribution >= 0.6 is 0 Å². The predicted molar refractivity (Wildman–Crippen MR) is 90.9 cm³/mol. The van der Waals surface area contributed by atoms with Gasteiger partial charge in [-0.2, -0.15) is 0 Å². The molecule has 0 aliphatic heterocycles. The molecule has 1 aromatic carbocycles. The van der Waals surface area contributed by atoms with Gasteiger partial charge in [-0.1, -0.05) is 32.9 Å². The predicted octanol–water partition coefficient (Wildman–Crippen LogP) is 3.54. The molecule has 0 spiro atoms. The van der Waals surface area contributed by atoms with Crippen LogP contribution in [0.5, 0.6) is 5.75 Å². The molecule has 3 heteroatoms. The van der Waals surface area contributed by atoms with E-state index in [4.69, 9.17) is 4.74 Å². The second kappa shape index (κ2) is 9.06. The fourth-order valence-electron chi connectivity index (χ4n) is 2.65. The standard InChI is InChI=1S/C18H32N2O/c1-6-11-19-14-18(3,7-2)15-20(4)13-16-9-8-10-17(12-16)21-5/h8-10,12,19H,6-7,11,13-15H2,1-5H3. The molecular formula is C18H32N2O. The van der Waals surface area contributed by atoms with Gasteiger partial charge in [0.05, 0.1) is 7.11 Å². The molecule has 1 unspecified atom stereocenters. The van der Waals surface area contributed by atoms with Gasteiger partial charge in [-0.05, 0) is 49.5 Å². The number of benzene rings is 1. The Morgan fingerprint density at radius 2 is 2.05 bits per heavy atom. The normalized spacial score (nSPS) is 14.2. The Bertz CT molecular complexity index is 408. The third-order valence-corrected chi connectivity index (χ3v) is 4.07. The van der Waals surface area contributed by atoms with Gasteiger partial charge in [-0.3, -0.25) is 0 Å². The van der Waals surface area contributed by atoms with Crippen molar-refractivity contribution in [1.82, 2.24) is 10.2 Å². The molecule has 21 heavy (non-hydrogen) atoms. The minimum atomic E-state index is 0.322. The number of methoxy groups -OCH3 is 1. The van der Waals surface area contributed by atoms with Crippen molar-refractivity contribution in [3.8, 4) is 5.75 Å². The van der Waals surface area contributed by atoms with Crippen molar-refractivity contribution in [2.24, 2.45) is 5.41 Å². The van der Waals surface area contributed by atoms with Crippen LogP contribution < -0.4 is 10.1 Å². The van der Waals surface area contributed by atoms with E-state index in [0.717, 1.165) is 31.9 Å². The quantitative estimate of drug-likeness (QED) is 0.668. The maximum absolute atomic E-state index is 5.30. The van der Waals surface area contributed by atoms with Gasteiger partial charge in [0, 0.05) is 19.6 Å². The molecule has 1 N–H and O–H groups in total. The summed E-state index contributed by atoms with van der Waals surface area (Å²) in [5.74, 6) is 0.934. The number of hydrogen-bond acceptors (Lipinski definition) is 3.